The van der Waals surface area contributed by atoms with Crippen LogP contribution < -0.4 is 10.5 Å². The fraction of sp³-hybridized carbons (Fsp3) is 0.154. The summed E-state index contributed by atoms with van der Waals surface area (Å²) in [6.07, 6.45) is 4.13. The van der Waals surface area contributed by atoms with Crippen molar-refractivity contribution in [2.45, 2.75) is 17.9 Å². The van der Waals surface area contributed by atoms with Gasteiger partial charge in [0.05, 0.1) is 16.5 Å². The third-order valence-corrected chi connectivity index (χ3v) is 3.77. The zero-order chi connectivity index (χ0) is 15.5. The van der Waals surface area contributed by atoms with Crippen LogP contribution in [0.4, 0.5) is 0 Å². The van der Waals surface area contributed by atoms with Gasteiger partial charge in [0, 0.05) is 12.4 Å². The highest BCUT2D eigenvalue weighted by molar-refractivity contribution is 7.89. The molecule has 110 valence electrons. The van der Waals surface area contributed by atoms with E-state index in [1.165, 1.54) is 30.9 Å². The maximum atomic E-state index is 12.0. The Morgan fingerprint density at radius 2 is 1.95 bits per heavy atom. The second-order valence-electron chi connectivity index (χ2n) is 4.44. The number of hydrogen-bond acceptors (Lipinski definition) is 5. The molecule has 7 nitrogen and oxygen atoms in total. The zero-order valence-corrected chi connectivity index (χ0v) is 12.0. The third-order valence-electron chi connectivity index (χ3n) is 2.86. The highest BCUT2D eigenvalue weighted by Gasteiger charge is 2.14. The summed E-state index contributed by atoms with van der Waals surface area (Å²) in [4.78, 5) is 19.5. The van der Waals surface area contributed by atoms with Gasteiger partial charge in [0.15, 0.2) is 0 Å². The van der Waals surface area contributed by atoms with Gasteiger partial charge in [-0.3, -0.25) is 4.79 Å². The maximum absolute atomic E-state index is 12.0. The Labute approximate surface area is 122 Å². The quantitative estimate of drug-likeness (QED) is 0.859. The molecule has 0 aliphatic heterocycles. The minimum atomic E-state index is -3.77. The van der Waals surface area contributed by atoms with E-state index in [0.717, 1.165) is 0 Å². The summed E-state index contributed by atoms with van der Waals surface area (Å²) in [6.45, 7) is 1.74. The van der Waals surface area contributed by atoms with Crippen molar-refractivity contribution < 1.29 is 13.2 Å². The molecule has 0 aliphatic carbocycles. The molecule has 21 heavy (non-hydrogen) atoms. The van der Waals surface area contributed by atoms with Crippen LogP contribution >= 0.6 is 0 Å². The highest BCUT2D eigenvalue weighted by atomic mass is 32.2. The molecule has 0 saturated heterocycles. The van der Waals surface area contributed by atoms with E-state index in [9.17, 15) is 13.2 Å². The Bertz CT molecular complexity index is 747. The van der Waals surface area contributed by atoms with Crippen molar-refractivity contribution in [2.75, 3.05) is 0 Å². The molecule has 1 amide bonds. The number of nitrogens with two attached hydrogens (primary N) is 1. The topological polar surface area (TPSA) is 115 Å². The minimum Gasteiger partial charge on any atom is -0.345 e. The monoisotopic (exact) mass is 306 g/mol. The Balaban J connectivity index is 2.18. The number of aromatic nitrogens is 2. The van der Waals surface area contributed by atoms with Crippen LogP contribution in [-0.2, 0) is 10.0 Å². The summed E-state index contributed by atoms with van der Waals surface area (Å²) < 4.78 is 22.7. The third kappa shape index (κ3) is 3.83. The molecule has 2 aromatic rings. The molecule has 1 aromatic heterocycles. The molecule has 1 heterocycles. The van der Waals surface area contributed by atoms with E-state index >= 15 is 0 Å². The molecule has 3 N–H and O–H groups in total. The van der Waals surface area contributed by atoms with E-state index in [-0.39, 0.29) is 16.8 Å². The number of carbonyl (C=O) groups excluding carboxylic acids is 1. The van der Waals surface area contributed by atoms with Crippen LogP contribution in [0, 0.1) is 0 Å². The van der Waals surface area contributed by atoms with E-state index < -0.39 is 10.0 Å². The van der Waals surface area contributed by atoms with Crippen molar-refractivity contribution >= 4 is 15.9 Å². The fourth-order valence-corrected chi connectivity index (χ4v) is 2.31. The van der Waals surface area contributed by atoms with E-state index in [0.29, 0.717) is 11.1 Å². The normalized spacial score (nSPS) is 12.7. The van der Waals surface area contributed by atoms with Gasteiger partial charge in [-0.15, -0.1) is 0 Å². The van der Waals surface area contributed by atoms with Crippen LogP contribution in [0.3, 0.4) is 0 Å². The summed E-state index contributed by atoms with van der Waals surface area (Å²) in [7, 11) is -3.77. The lowest BCUT2D eigenvalue weighted by atomic mass is 10.1. The average Bonchev–Trinajstić information content (AvgIpc) is 2.47. The number of hydrogen-bond donors (Lipinski definition) is 2. The minimum absolute atomic E-state index is 0.00384. The number of carbonyl (C=O) groups is 1. The Morgan fingerprint density at radius 3 is 2.57 bits per heavy atom. The smallest absolute Gasteiger partial charge is 0.254 e. The molecule has 1 unspecified atom stereocenters. The summed E-state index contributed by atoms with van der Waals surface area (Å²) in [5.41, 5.74) is 0.957. The van der Waals surface area contributed by atoms with Crippen molar-refractivity contribution in [3.8, 4) is 0 Å². The van der Waals surface area contributed by atoms with Crippen molar-refractivity contribution in [1.29, 1.82) is 0 Å². The first kappa shape index (κ1) is 15.1. The molecular weight excluding hydrogens is 292 g/mol. The largest absolute Gasteiger partial charge is 0.345 e. The molecule has 0 spiro atoms. The Morgan fingerprint density at radius 1 is 1.29 bits per heavy atom. The predicted molar refractivity (Wildman–Crippen MR) is 75.7 cm³/mol. The van der Waals surface area contributed by atoms with Gasteiger partial charge in [0.25, 0.3) is 5.91 Å². The molecule has 1 aromatic carbocycles. The second kappa shape index (κ2) is 5.98. The van der Waals surface area contributed by atoms with Gasteiger partial charge in [-0.05, 0) is 24.6 Å². The van der Waals surface area contributed by atoms with Crippen molar-refractivity contribution in [2.24, 2.45) is 5.14 Å². The maximum Gasteiger partial charge on any atom is 0.254 e. The van der Waals surface area contributed by atoms with Crippen LogP contribution in [0.25, 0.3) is 0 Å². The summed E-state index contributed by atoms with van der Waals surface area (Å²) >= 11 is 0. The zero-order valence-electron chi connectivity index (χ0n) is 11.2. The molecule has 8 heteroatoms. The van der Waals surface area contributed by atoms with Gasteiger partial charge in [0.1, 0.15) is 6.33 Å². The molecule has 0 aliphatic rings. The molecule has 1 atom stereocenters. The predicted octanol–water partition coefficient (Wildman–Crippen LogP) is 0.615. The lowest BCUT2D eigenvalue weighted by Crippen LogP contribution is -2.27. The first-order valence-electron chi connectivity index (χ1n) is 6.06. The first-order chi connectivity index (χ1) is 9.88. The number of nitrogens with one attached hydrogen (secondary N) is 1. The van der Waals surface area contributed by atoms with Crippen LogP contribution in [0.1, 0.15) is 28.9 Å². The number of sulfonamides is 1. The molecule has 0 fully saturated rings. The van der Waals surface area contributed by atoms with Crippen molar-refractivity contribution in [3.05, 3.63) is 54.1 Å². The molecule has 2 rings (SSSR count). The van der Waals surface area contributed by atoms with Gasteiger partial charge in [0.2, 0.25) is 10.0 Å². The van der Waals surface area contributed by atoms with Gasteiger partial charge < -0.3 is 5.32 Å². The lowest BCUT2D eigenvalue weighted by Gasteiger charge is -2.14. The Kier molecular flexibility index (Phi) is 4.29. The SMILES string of the molecule is CC(NC(=O)c1cncnc1)c1cccc(S(N)(=O)=O)c1. The number of nitrogens with zero attached hydrogens (tertiary/aromatic N) is 2. The van der Waals surface area contributed by atoms with Crippen LogP contribution in [0.5, 0.6) is 0 Å². The first-order valence-corrected chi connectivity index (χ1v) is 7.61. The summed E-state index contributed by atoms with van der Waals surface area (Å²) in [5, 5.41) is 7.82. The number of benzene rings is 1. The van der Waals surface area contributed by atoms with E-state index in [1.807, 2.05) is 0 Å². The summed E-state index contributed by atoms with van der Waals surface area (Å²) in [6, 6.07) is 5.73. The van der Waals surface area contributed by atoms with Gasteiger partial charge in [-0.25, -0.2) is 23.5 Å². The fourth-order valence-electron chi connectivity index (χ4n) is 1.74. The van der Waals surface area contributed by atoms with E-state index in [2.05, 4.69) is 15.3 Å². The van der Waals surface area contributed by atoms with Crippen LogP contribution in [0.15, 0.2) is 47.9 Å². The van der Waals surface area contributed by atoms with Gasteiger partial charge >= 0.3 is 0 Å². The van der Waals surface area contributed by atoms with Crippen molar-refractivity contribution in [3.63, 3.8) is 0 Å². The van der Waals surface area contributed by atoms with E-state index in [1.54, 1.807) is 19.1 Å². The standard InChI is InChI=1S/C13H14N4O3S/c1-9(17-13(18)11-6-15-8-16-7-11)10-3-2-4-12(5-10)21(14,19)20/h2-9H,1H3,(H,17,18)(H2,14,19,20). The number of rotatable bonds is 4. The van der Waals surface area contributed by atoms with Gasteiger partial charge in [-0.1, -0.05) is 12.1 Å². The molecule has 0 bridgehead atoms. The molecule has 0 radical (unpaired) electrons. The van der Waals surface area contributed by atoms with Crippen molar-refractivity contribution in [1.82, 2.24) is 15.3 Å². The average molecular weight is 306 g/mol. The van der Waals surface area contributed by atoms with Gasteiger partial charge in [-0.2, -0.15) is 0 Å². The van der Waals surface area contributed by atoms with Crippen LogP contribution in [-0.4, -0.2) is 24.3 Å². The van der Waals surface area contributed by atoms with E-state index in [4.69, 9.17) is 5.14 Å². The highest BCUT2D eigenvalue weighted by Crippen LogP contribution is 2.17. The molecular formula is C13H14N4O3S. The number of primary sulfonamides is 1. The second-order valence-corrected chi connectivity index (χ2v) is 6.00. The Hall–Kier alpha value is -2.32. The van der Waals surface area contributed by atoms with Crippen LogP contribution in [0.2, 0.25) is 0 Å². The molecule has 0 saturated carbocycles. The summed E-state index contributed by atoms with van der Waals surface area (Å²) in [5.74, 6) is -0.343. The lowest BCUT2D eigenvalue weighted by molar-refractivity contribution is 0.0939. The number of amides is 1.